The molecule has 1 fully saturated rings. The molecule has 0 atom stereocenters. The number of aliphatic hydroxyl groups is 1. The zero-order valence-electron chi connectivity index (χ0n) is 13.7. The van der Waals surface area contributed by atoms with E-state index in [1.54, 1.807) is 6.20 Å². The smallest absolute Gasteiger partial charge is 0.212 e. The minimum absolute atomic E-state index is 0.174. The van der Waals surface area contributed by atoms with Gasteiger partial charge in [-0.25, -0.2) is 0 Å². The van der Waals surface area contributed by atoms with Crippen LogP contribution in [0.5, 0.6) is 0 Å². The average Bonchev–Trinajstić information content (AvgIpc) is 2.96. The number of anilines is 1. The van der Waals surface area contributed by atoms with Crippen LogP contribution in [-0.2, 0) is 0 Å². The van der Waals surface area contributed by atoms with Crippen molar-refractivity contribution in [2.24, 2.45) is 0 Å². The molecule has 0 spiro atoms. The van der Waals surface area contributed by atoms with E-state index in [0.717, 1.165) is 42.1 Å². The maximum atomic E-state index is 12.5. The molecule has 3 aromatic rings. The number of benzene rings is 1. The van der Waals surface area contributed by atoms with Crippen molar-refractivity contribution in [1.29, 1.82) is 0 Å². The van der Waals surface area contributed by atoms with Crippen LogP contribution >= 0.6 is 11.6 Å². The summed E-state index contributed by atoms with van der Waals surface area (Å²) < 4.78 is 2.20. The number of aromatic amines is 1. The van der Waals surface area contributed by atoms with Crippen molar-refractivity contribution in [3.63, 3.8) is 0 Å². The molecular weight excluding hydrogens is 338 g/mol. The van der Waals surface area contributed by atoms with E-state index >= 15 is 0 Å². The van der Waals surface area contributed by atoms with E-state index in [4.69, 9.17) is 17.3 Å². The molecule has 2 aromatic heterocycles. The van der Waals surface area contributed by atoms with Gasteiger partial charge in [0.1, 0.15) is 0 Å². The second kappa shape index (κ2) is 6.24. The highest BCUT2D eigenvalue weighted by Gasteiger charge is 2.24. The first-order chi connectivity index (χ1) is 12.0. The van der Waals surface area contributed by atoms with Gasteiger partial charge in [0.15, 0.2) is 0 Å². The fourth-order valence-corrected chi connectivity index (χ4v) is 3.95. The Morgan fingerprint density at radius 2 is 1.92 bits per heavy atom. The van der Waals surface area contributed by atoms with E-state index in [1.165, 1.54) is 6.20 Å². The number of aromatic nitrogens is 2. The van der Waals surface area contributed by atoms with Crippen LogP contribution in [0.15, 0.2) is 41.6 Å². The standard InChI is InChI=1S/C19H20ClN3O2/c20-11-1-6-14-16(15-8-22-9-17(21)19(15)25)10-23(18(14)7-11)12-2-4-13(24)5-3-12/h1,6-10,12-13,24H,2-5,21H2,(H,22,25). The fraction of sp³-hybridized carbons (Fsp3) is 0.316. The largest absolute Gasteiger partial charge is 0.394 e. The summed E-state index contributed by atoms with van der Waals surface area (Å²) in [7, 11) is 0. The van der Waals surface area contributed by atoms with Gasteiger partial charge in [0.25, 0.3) is 0 Å². The Morgan fingerprint density at radius 3 is 2.68 bits per heavy atom. The Kier molecular flexibility index (Phi) is 4.06. The zero-order chi connectivity index (χ0) is 17.6. The Hall–Kier alpha value is -2.24. The van der Waals surface area contributed by atoms with Gasteiger partial charge < -0.3 is 20.4 Å². The van der Waals surface area contributed by atoms with Crippen molar-refractivity contribution >= 4 is 28.2 Å². The number of halogens is 1. The fourth-order valence-electron chi connectivity index (χ4n) is 3.78. The second-order valence-electron chi connectivity index (χ2n) is 6.73. The third-order valence-corrected chi connectivity index (χ3v) is 5.35. The first-order valence-corrected chi connectivity index (χ1v) is 8.87. The lowest BCUT2D eigenvalue weighted by Gasteiger charge is -2.27. The minimum atomic E-state index is -0.210. The van der Waals surface area contributed by atoms with Crippen LogP contribution in [0.3, 0.4) is 0 Å². The Labute approximate surface area is 150 Å². The number of nitrogen functional groups attached to an aromatic ring is 1. The molecule has 0 saturated heterocycles. The molecule has 25 heavy (non-hydrogen) atoms. The van der Waals surface area contributed by atoms with Crippen molar-refractivity contribution in [2.75, 3.05) is 5.73 Å². The molecule has 1 saturated carbocycles. The zero-order valence-corrected chi connectivity index (χ0v) is 14.5. The number of rotatable bonds is 2. The molecule has 0 bridgehead atoms. The van der Waals surface area contributed by atoms with Crippen LogP contribution in [0.25, 0.3) is 22.0 Å². The Balaban J connectivity index is 1.91. The van der Waals surface area contributed by atoms with Gasteiger partial charge in [-0.15, -0.1) is 0 Å². The number of hydrogen-bond acceptors (Lipinski definition) is 3. The molecule has 0 radical (unpaired) electrons. The van der Waals surface area contributed by atoms with Gasteiger partial charge >= 0.3 is 0 Å². The van der Waals surface area contributed by atoms with E-state index in [1.807, 2.05) is 24.4 Å². The Morgan fingerprint density at radius 1 is 1.16 bits per heavy atom. The van der Waals surface area contributed by atoms with Crippen molar-refractivity contribution in [1.82, 2.24) is 9.55 Å². The number of nitrogens with zero attached hydrogens (tertiary/aromatic N) is 1. The summed E-state index contributed by atoms with van der Waals surface area (Å²) in [5.74, 6) is 0. The van der Waals surface area contributed by atoms with E-state index in [0.29, 0.717) is 16.6 Å². The minimum Gasteiger partial charge on any atom is -0.394 e. The molecule has 0 unspecified atom stereocenters. The highest BCUT2D eigenvalue weighted by molar-refractivity contribution is 6.31. The van der Waals surface area contributed by atoms with Crippen LogP contribution in [0.1, 0.15) is 31.7 Å². The second-order valence-corrected chi connectivity index (χ2v) is 7.16. The van der Waals surface area contributed by atoms with Gasteiger partial charge in [-0.05, 0) is 37.8 Å². The summed E-state index contributed by atoms with van der Waals surface area (Å²) >= 11 is 6.22. The number of hydrogen-bond donors (Lipinski definition) is 3. The number of nitrogens with one attached hydrogen (secondary N) is 1. The molecule has 4 N–H and O–H groups in total. The number of pyridine rings is 1. The van der Waals surface area contributed by atoms with Gasteiger partial charge in [-0.1, -0.05) is 17.7 Å². The first-order valence-electron chi connectivity index (χ1n) is 8.49. The maximum Gasteiger partial charge on any atom is 0.212 e. The van der Waals surface area contributed by atoms with Crippen LogP contribution < -0.4 is 11.2 Å². The van der Waals surface area contributed by atoms with Gasteiger partial charge in [0.2, 0.25) is 5.43 Å². The predicted octanol–water partition coefficient (Wildman–Crippen LogP) is 3.71. The molecule has 5 nitrogen and oxygen atoms in total. The van der Waals surface area contributed by atoms with E-state index < -0.39 is 0 Å². The summed E-state index contributed by atoms with van der Waals surface area (Å²) in [6.45, 7) is 0. The SMILES string of the molecule is Nc1c[nH]cc(-c2cn(C3CCC(O)CC3)c3cc(Cl)ccc23)c1=O. The monoisotopic (exact) mass is 357 g/mol. The molecule has 130 valence electrons. The van der Waals surface area contributed by atoms with Crippen LogP contribution in [0, 0.1) is 0 Å². The van der Waals surface area contributed by atoms with Crippen LogP contribution in [0.2, 0.25) is 5.02 Å². The number of H-pyrrole nitrogens is 1. The van der Waals surface area contributed by atoms with Crippen LogP contribution in [0.4, 0.5) is 5.69 Å². The third kappa shape index (κ3) is 2.83. The average molecular weight is 358 g/mol. The Bertz CT molecular complexity index is 984. The van der Waals surface area contributed by atoms with E-state index in [9.17, 15) is 9.90 Å². The predicted molar refractivity (Wildman–Crippen MR) is 101 cm³/mol. The van der Waals surface area contributed by atoms with Crippen molar-refractivity contribution in [3.8, 4) is 11.1 Å². The van der Waals surface area contributed by atoms with Gasteiger partial charge in [-0.3, -0.25) is 4.79 Å². The summed E-state index contributed by atoms with van der Waals surface area (Å²) in [6, 6.07) is 6.01. The van der Waals surface area contributed by atoms with E-state index in [-0.39, 0.29) is 17.2 Å². The number of fused-ring (bicyclic) bond motifs is 1. The molecule has 1 aliphatic carbocycles. The third-order valence-electron chi connectivity index (χ3n) is 5.12. The van der Waals surface area contributed by atoms with Crippen molar-refractivity contribution in [2.45, 2.75) is 37.8 Å². The summed E-state index contributed by atoms with van der Waals surface area (Å²) in [4.78, 5) is 15.4. The number of nitrogens with two attached hydrogens (primary N) is 1. The molecule has 1 aliphatic rings. The summed E-state index contributed by atoms with van der Waals surface area (Å²) in [5, 5.41) is 11.4. The van der Waals surface area contributed by atoms with E-state index in [2.05, 4.69) is 9.55 Å². The van der Waals surface area contributed by atoms with Crippen molar-refractivity contribution < 1.29 is 5.11 Å². The van der Waals surface area contributed by atoms with Crippen LogP contribution in [-0.4, -0.2) is 20.8 Å². The lowest BCUT2D eigenvalue weighted by molar-refractivity contribution is 0.111. The molecule has 2 heterocycles. The van der Waals surface area contributed by atoms with Crippen molar-refractivity contribution in [3.05, 3.63) is 52.0 Å². The van der Waals surface area contributed by atoms with Gasteiger partial charge in [0, 0.05) is 46.2 Å². The molecule has 0 aliphatic heterocycles. The topological polar surface area (TPSA) is 84.0 Å². The number of aliphatic hydroxyl groups excluding tert-OH is 1. The maximum absolute atomic E-state index is 12.5. The first kappa shape index (κ1) is 16.2. The lowest BCUT2D eigenvalue weighted by atomic mass is 9.93. The normalized spacial score (nSPS) is 20.9. The molecule has 6 heteroatoms. The summed E-state index contributed by atoms with van der Waals surface area (Å²) in [5.41, 5.74) is 8.24. The lowest BCUT2D eigenvalue weighted by Crippen LogP contribution is -2.20. The van der Waals surface area contributed by atoms with Gasteiger partial charge in [-0.2, -0.15) is 0 Å². The van der Waals surface area contributed by atoms with Gasteiger partial charge in [0.05, 0.1) is 17.3 Å². The molecule has 4 rings (SSSR count). The summed E-state index contributed by atoms with van der Waals surface area (Å²) in [6.07, 6.45) is 8.40. The highest BCUT2D eigenvalue weighted by atomic mass is 35.5. The highest BCUT2D eigenvalue weighted by Crippen LogP contribution is 2.37. The molecule has 1 aromatic carbocycles. The quantitative estimate of drug-likeness (QED) is 0.653. The molecule has 0 amide bonds. The molecular formula is C19H20ClN3O2.